The number of ketones is 1. The number of nitrogens with zero attached hydrogens (tertiary/aromatic N) is 1. The van der Waals surface area contributed by atoms with Gasteiger partial charge in [0.1, 0.15) is 0 Å². The Labute approximate surface area is 55.2 Å². The van der Waals surface area contributed by atoms with E-state index in [-0.39, 0.29) is 10.8 Å². The highest BCUT2D eigenvalue weighted by molar-refractivity contribution is 7.25. The lowest BCUT2D eigenvalue weighted by molar-refractivity contribution is 0.101. The lowest BCUT2D eigenvalue weighted by Gasteiger charge is -1.85. The van der Waals surface area contributed by atoms with E-state index in [4.69, 9.17) is 0 Å². The molecule has 48 valence electrons. The molecule has 0 radical (unpaired) electrons. The van der Waals surface area contributed by atoms with Gasteiger partial charge in [-0.25, -0.2) is 0 Å². The third kappa shape index (κ3) is 1.14. The summed E-state index contributed by atoms with van der Waals surface area (Å²) in [5.41, 5.74) is 0. The van der Waals surface area contributed by atoms with Gasteiger partial charge in [-0.15, -0.1) is 0 Å². The van der Waals surface area contributed by atoms with Gasteiger partial charge in [-0.1, -0.05) is 0 Å². The summed E-state index contributed by atoms with van der Waals surface area (Å²) >= 11 is 0. The van der Waals surface area contributed by atoms with E-state index >= 15 is 0 Å². The van der Waals surface area contributed by atoms with Gasteiger partial charge in [0.25, 0.3) is 0 Å². The van der Waals surface area contributed by atoms with E-state index in [1.807, 2.05) is 0 Å². The average molecular weight is 143 g/mol. The first-order valence-electron chi connectivity index (χ1n) is 2.38. The van der Waals surface area contributed by atoms with Crippen molar-refractivity contribution in [2.24, 2.45) is 0 Å². The quantitative estimate of drug-likeness (QED) is 0.435. The van der Waals surface area contributed by atoms with Crippen molar-refractivity contribution in [3.05, 3.63) is 16.6 Å². The molecule has 1 aromatic rings. The van der Waals surface area contributed by atoms with Crippen LogP contribution in [0.1, 0.15) is 16.7 Å². The van der Waals surface area contributed by atoms with Gasteiger partial charge in [-0.2, -0.15) is 4.98 Å². The van der Waals surface area contributed by atoms with E-state index in [1.54, 1.807) is 0 Å². The van der Waals surface area contributed by atoms with Crippen molar-refractivity contribution >= 4 is 16.5 Å². The number of hydrogen-bond donors (Lipinski definition) is 0. The van der Waals surface area contributed by atoms with Gasteiger partial charge in [-0.05, 0) is 10.8 Å². The van der Waals surface area contributed by atoms with Gasteiger partial charge in [0.2, 0.25) is 5.78 Å². The van der Waals surface area contributed by atoms with Crippen LogP contribution in [0, 0.1) is 0 Å². The first-order chi connectivity index (χ1) is 4.22. The zero-order valence-electron chi connectivity index (χ0n) is 4.83. The van der Waals surface area contributed by atoms with Gasteiger partial charge < -0.3 is 4.55 Å². The SMILES string of the molecule is CC(=O)c1ncc[s+]1[O-]. The summed E-state index contributed by atoms with van der Waals surface area (Å²) in [6.45, 7) is 1.35. The molecule has 0 amide bonds. The molecule has 0 N–H and O–H groups in total. The van der Waals surface area contributed by atoms with Crippen molar-refractivity contribution in [1.29, 1.82) is 0 Å². The van der Waals surface area contributed by atoms with Crippen LogP contribution in [0.25, 0.3) is 0 Å². The summed E-state index contributed by atoms with van der Waals surface area (Å²) in [6, 6.07) is 0. The summed E-state index contributed by atoms with van der Waals surface area (Å²) in [6.07, 6.45) is 1.38. The van der Waals surface area contributed by atoms with Crippen molar-refractivity contribution in [3.8, 4) is 0 Å². The minimum absolute atomic E-state index is 0.148. The van der Waals surface area contributed by atoms with E-state index in [9.17, 15) is 9.35 Å². The lowest BCUT2D eigenvalue weighted by Crippen LogP contribution is -1.90. The maximum absolute atomic E-state index is 10.7. The maximum Gasteiger partial charge on any atom is 0.308 e. The molecule has 0 aliphatic carbocycles. The minimum atomic E-state index is -1.27. The molecule has 4 heteroatoms. The molecule has 3 nitrogen and oxygen atoms in total. The Kier molecular flexibility index (Phi) is 1.59. The fraction of sp³-hybridized carbons (Fsp3) is 0.200. The number of Topliss-reactive ketones (excluding diaryl/α,β-unsaturated/α-hetero) is 1. The molecule has 1 heterocycles. The van der Waals surface area contributed by atoms with Gasteiger partial charge in [0, 0.05) is 6.92 Å². The second-order valence-electron chi connectivity index (χ2n) is 1.57. The molecule has 0 aliphatic rings. The van der Waals surface area contributed by atoms with Crippen molar-refractivity contribution < 1.29 is 9.35 Å². The Hall–Kier alpha value is -0.740. The zero-order chi connectivity index (χ0) is 6.85. The van der Waals surface area contributed by atoms with Crippen molar-refractivity contribution in [3.63, 3.8) is 0 Å². The van der Waals surface area contributed by atoms with E-state index in [1.165, 1.54) is 18.5 Å². The Bertz CT molecular complexity index is 231. The molecule has 1 unspecified atom stereocenters. The molecule has 0 bridgehead atoms. The highest BCUT2D eigenvalue weighted by Crippen LogP contribution is 2.15. The largest absolute Gasteiger partial charge is 0.589 e. The van der Waals surface area contributed by atoms with Crippen molar-refractivity contribution in [2.75, 3.05) is 0 Å². The minimum Gasteiger partial charge on any atom is -0.589 e. The van der Waals surface area contributed by atoms with Crippen LogP contribution in [0.4, 0.5) is 0 Å². The predicted octanol–water partition coefficient (Wildman–Crippen LogP) is 1.01. The number of carbonyl (C=O) groups excluding carboxylic acids is 1. The van der Waals surface area contributed by atoms with E-state index in [0.717, 1.165) is 0 Å². The smallest absolute Gasteiger partial charge is 0.308 e. The number of rotatable bonds is 1. The second kappa shape index (κ2) is 2.24. The van der Waals surface area contributed by atoms with Gasteiger partial charge in [0.05, 0.1) is 6.20 Å². The van der Waals surface area contributed by atoms with Crippen LogP contribution in [0.5, 0.6) is 0 Å². The van der Waals surface area contributed by atoms with Crippen LogP contribution in [-0.2, 0) is 0 Å². The molecule has 0 saturated heterocycles. The Balaban J connectivity index is 3.08. The van der Waals surface area contributed by atoms with Crippen LogP contribution in [-0.4, -0.2) is 15.3 Å². The Morgan fingerprint density at radius 1 is 1.89 bits per heavy atom. The fourth-order valence-electron chi connectivity index (χ4n) is 0.502. The first kappa shape index (κ1) is 6.38. The van der Waals surface area contributed by atoms with Crippen LogP contribution in [0.15, 0.2) is 11.6 Å². The third-order valence-corrected chi connectivity index (χ3v) is 2.01. The summed E-state index contributed by atoms with van der Waals surface area (Å²) < 4.78 is 10.7. The number of aromatic nitrogens is 1. The maximum atomic E-state index is 10.7. The van der Waals surface area contributed by atoms with Crippen LogP contribution >= 0.6 is 10.8 Å². The van der Waals surface area contributed by atoms with E-state index in [2.05, 4.69) is 4.98 Å². The molecular formula is C5H5NO2S. The molecule has 1 atom stereocenters. The molecule has 1 rings (SSSR count). The summed E-state index contributed by atoms with van der Waals surface area (Å²) in [4.78, 5) is 14.1. The monoisotopic (exact) mass is 143 g/mol. The second-order valence-corrected chi connectivity index (χ2v) is 2.83. The first-order valence-corrected chi connectivity index (χ1v) is 3.59. The van der Waals surface area contributed by atoms with Crippen molar-refractivity contribution in [2.45, 2.75) is 6.92 Å². The van der Waals surface area contributed by atoms with Gasteiger partial charge >= 0.3 is 5.01 Å². The molecule has 0 saturated carbocycles. The number of hydrogen-bond acceptors (Lipinski definition) is 3. The zero-order valence-corrected chi connectivity index (χ0v) is 5.64. The highest BCUT2D eigenvalue weighted by atomic mass is 32.2. The molecule has 0 aliphatic heterocycles. The van der Waals surface area contributed by atoms with Crippen molar-refractivity contribution in [1.82, 2.24) is 4.98 Å². The van der Waals surface area contributed by atoms with E-state index in [0.29, 0.717) is 0 Å². The molecule has 0 aromatic carbocycles. The highest BCUT2D eigenvalue weighted by Gasteiger charge is 2.10. The summed E-state index contributed by atoms with van der Waals surface area (Å²) in [5.74, 6) is -0.224. The van der Waals surface area contributed by atoms with Gasteiger partial charge in [-0.3, -0.25) is 4.79 Å². The Morgan fingerprint density at radius 3 is 2.78 bits per heavy atom. The molecule has 0 spiro atoms. The van der Waals surface area contributed by atoms with Crippen LogP contribution < -0.4 is 0 Å². The molecular weight excluding hydrogens is 138 g/mol. The molecule has 9 heavy (non-hydrogen) atoms. The topological polar surface area (TPSA) is 53.0 Å². The third-order valence-electron chi connectivity index (χ3n) is 0.868. The summed E-state index contributed by atoms with van der Waals surface area (Å²) in [7, 11) is -1.27. The summed E-state index contributed by atoms with van der Waals surface area (Å²) in [5, 5.41) is 1.53. The van der Waals surface area contributed by atoms with Gasteiger partial charge in [0.15, 0.2) is 5.38 Å². The molecule has 1 aromatic heterocycles. The normalized spacial score (nSPS) is 11.6. The fourth-order valence-corrected chi connectivity index (χ4v) is 1.25. The average Bonchev–Trinajstić information content (AvgIpc) is 2.13. The molecule has 0 fully saturated rings. The van der Waals surface area contributed by atoms with Crippen LogP contribution in [0.3, 0.4) is 0 Å². The number of carbonyl (C=O) groups is 1. The van der Waals surface area contributed by atoms with Crippen LogP contribution in [0.2, 0.25) is 0 Å². The predicted molar refractivity (Wildman–Crippen MR) is 32.9 cm³/mol. The standard InChI is InChI=1S/C5H5NO2S/c1-4(7)5-6-2-3-9(5)8/h2-3H,1H3. The Morgan fingerprint density at radius 2 is 2.56 bits per heavy atom. The van der Waals surface area contributed by atoms with E-state index < -0.39 is 10.8 Å². The lowest BCUT2D eigenvalue weighted by atomic mass is 10.5. The number of thiazole rings is 1.